The van der Waals surface area contributed by atoms with Gasteiger partial charge in [0.2, 0.25) is 0 Å². The highest BCUT2D eigenvalue weighted by atomic mass is 28.4. The van der Waals surface area contributed by atoms with Crippen LogP contribution in [0.5, 0.6) is 0 Å². The first-order chi connectivity index (χ1) is 12.3. The first kappa shape index (κ1) is 26.6. The average Bonchev–Trinajstić information content (AvgIpc) is 2.56. The molecule has 0 spiro atoms. The molecule has 0 fully saturated rings. The van der Waals surface area contributed by atoms with E-state index in [1.165, 1.54) is 74.8 Å². The lowest BCUT2D eigenvalue weighted by atomic mass is 10.5. The van der Waals surface area contributed by atoms with Crippen LogP contribution in [0.25, 0.3) is 0 Å². The van der Waals surface area contributed by atoms with Crippen molar-refractivity contribution in [2.24, 2.45) is 0 Å². The van der Waals surface area contributed by atoms with Crippen LogP contribution in [0.3, 0.4) is 0 Å². The molecule has 2 nitrogen and oxygen atoms in total. The Morgan fingerprint density at radius 2 is 0.769 bits per heavy atom. The summed E-state index contributed by atoms with van der Waals surface area (Å²) < 4.78 is 14.4. The van der Waals surface area contributed by atoms with Crippen LogP contribution in [0.1, 0.15) is 93.4 Å². The summed E-state index contributed by atoms with van der Waals surface area (Å²) in [5.41, 5.74) is -0.225. The molecule has 26 heavy (non-hydrogen) atoms. The van der Waals surface area contributed by atoms with Gasteiger partial charge in [0.1, 0.15) is 5.41 Å². The zero-order valence-electron chi connectivity index (χ0n) is 19.5. The molecule has 0 rings (SSSR count). The molecular formula is C21H50O2Si3. The second-order valence-corrected chi connectivity index (χ2v) is 18.2. The fourth-order valence-corrected chi connectivity index (χ4v) is 17.3. The average molecular weight is 419 g/mol. The zero-order valence-corrected chi connectivity index (χ0v) is 23.5. The zero-order chi connectivity index (χ0) is 20.1. The lowest BCUT2D eigenvalue weighted by molar-refractivity contribution is -0.0605. The van der Waals surface area contributed by atoms with Crippen molar-refractivity contribution in [1.82, 2.24) is 0 Å². The van der Waals surface area contributed by atoms with E-state index in [0.717, 1.165) is 16.7 Å². The van der Waals surface area contributed by atoms with E-state index in [2.05, 4.69) is 48.5 Å². The summed E-state index contributed by atoms with van der Waals surface area (Å²) in [5.74, 6) is 0. The van der Waals surface area contributed by atoms with Crippen LogP contribution in [-0.4, -0.2) is 32.3 Å². The van der Waals surface area contributed by atoms with E-state index in [4.69, 9.17) is 8.85 Å². The first-order valence-corrected chi connectivity index (χ1v) is 17.8. The van der Waals surface area contributed by atoms with Gasteiger partial charge < -0.3 is 8.85 Å². The van der Waals surface area contributed by atoms with Crippen LogP contribution < -0.4 is 0 Å². The van der Waals surface area contributed by atoms with Crippen molar-refractivity contribution in [3.05, 3.63) is 0 Å². The lowest BCUT2D eigenvalue weighted by Crippen LogP contribution is -2.55. The maximum Gasteiger partial charge on any atom is 0.196 e. The van der Waals surface area contributed by atoms with E-state index in [0.29, 0.717) is 0 Å². The van der Waals surface area contributed by atoms with Gasteiger partial charge in [0.25, 0.3) is 0 Å². The van der Waals surface area contributed by atoms with E-state index in [9.17, 15) is 0 Å². The Hall–Kier alpha value is 0.571. The van der Waals surface area contributed by atoms with Crippen molar-refractivity contribution < 1.29 is 8.85 Å². The monoisotopic (exact) mass is 418 g/mol. The molecule has 158 valence electrons. The summed E-state index contributed by atoms with van der Waals surface area (Å²) >= 11 is 0. The Labute approximate surface area is 170 Å². The fraction of sp³-hybridized carbons (Fsp3) is 1.00. The van der Waals surface area contributed by atoms with E-state index in [1.807, 2.05) is 0 Å². The number of hydrogen-bond donors (Lipinski definition) is 0. The van der Waals surface area contributed by atoms with E-state index in [1.54, 1.807) is 0 Å². The molecule has 0 amide bonds. The van der Waals surface area contributed by atoms with Gasteiger partial charge in [-0.05, 0) is 42.7 Å². The molecule has 0 unspecified atom stereocenters. The van der Waals surface area contributed by atoms with Crippen molar-refractivity contribution >= 4 is 26.9 Å². The van der Waals surface area contributed by atoms with Crippen LogP contribution in [0.4, 0.5) is 0 Å². The minimum Gasteiger partial charge on any atom is -0.395 e. The van der Waals surface area contributed by atoms with Gasteiger partial charge in [-0.15, -0.1) is 0 Å². The standard InChI is InChI=1S/C21H50O2Si3/c1-8-15-25(16-9-2,17-10-3)22-21(24,14-7)23-26(18-11-4,19-12-5)20-13-6/h8-20H2,1-7,24H3. The smallest absolute Gasteiger partial charge is 0.196 e. The first-order valence-electron chi connectivity index (χ1n) is 11.7. The molecule has 0 heterocycles. The third kappa shape index (κ3) is 8.72. The van der Waals surface area contributed by atoms with Crippen molar-refractivity contribution in [2.45, 2.75) is 135 Å². The molecule has 0 aliphatic rings. The van der Waals surface area contributed by atoms with Crippen LogP contribution >= 0.6 is 0 Å². The molecule has 5 heteroatoms. The Morgan fingerprint density at radius 1 is 0.538 bits per heavy atom. The molecule has 0 radical (unpaired) electrons. The van der Waals surface area contributed by atoms with Crippen LogP contribution in [0, 0.1) is 0 Å². The van der Waals surface area contributed by atoms with E-state index < -0.39 is 16.6 Å². The molecule has 0 N–H and O–H groups in total. The van der Waals surface area contributed by atoms with Crippen molar-refractivity contribution in [1.29, 1.82) is 0 Å². The number of hydrogen-bond acceptors (Lipinski definition) is 2. The van der Waals surface area contributed by atoms with Crippen LogP contribution in [0.15, 0.2) is 0 Å². The molecule has 0 aliphatic carbocycles. The summed E-state index contributed by atoms with van der Waals surface area (Å²) in [4.78, 5) is 0. The highest BCUT2D eigenvalue weighted by molar-refractivity contribution is 6.75. The molecule has 0 aromatic heterocycles. The van der Waals surface area contributed by atoms with Crippen LogP contribution in [0.2, 0.25) is 36.3 Å². The van der Waals surface area contributed by atoms with Gasteiger partial charge in [0.05, 0.1) is 10.2 Å². The number of rotatable bonds is 17. The predicted molar refractivity (Wildman–Crippen MR) is 127 cm³/mol. The molecule has 0 aliphatic heterocycles. The molecule has 0 atom stereocenters. The highest BCUT2D eigenvalue weighted by Gasteiger charge is 2.44. The Morgan fingerprint density at radius 3 is 0.923 bits per heavy atom. The van der Waals surface area contributed by atoms with Crippen molar-refractivity contribution in [3.63, 3.8) is 0 Å². The van der Waals surface area contributed by atoms with Gasteiger partial charge in [-0.2, -0.15) is 0 Å². The molecule has 0 aromatic carbocycles. The second kappa shape index (κ2) is 13.7. The van der Waals surface area contributed by atoms with Gasteiger partial charge in [-0.25, -0.2) is 0 Å². The quantitative estimate of drug-likeness (QED) is 0.191. The van der Waals surface area contributed by atoms with Gasteiger partial charge in [0.15, 0.2) is 16.6 Å². The largest absolute Gasteiger partial charge is 0.395 e. The second-order valence-electron chi connectivity index (χ2n) is 8.56. The molecule has 0 aromatic rings. The highest BCUT2D eigenvalue weighted by Crippen LogP contribution is 2.37. The summed E-state index contributed by atoms with van der Waals surface area (Å²) in [6.07, 6.45) is 8.59. The van der Waals surface area contributed by atoms with E-state index in [-0.39, 0.29) is 5.41 Å². The minimum atomic E-state index is -1.69. The van der Waals surface area contributed by atoms with Gasteiger partial charge in [0, 0.05) is 0 Å². The lowest BCUT2D eigenvalue weighted by Gasteiger charge is -2.47. The van der Waals surface area contributed by atoms with Gasteiger partial charge in [-0.1, -0.05) is 87.0 Å². The maximum absolute atomic E-state index is 7.20. The Balaban J connectivity index is 5.65. The Bertz CT molecular complexity index is 288. The summed E-state index contributed by atoms with van der Waals surface area (Å²) in [5, 5.41) is 0. The molecule has 0 saturated heterocycles. The summed E-state index contributed by atoms with van der Waals surface area (Å²) in [6.45, 7) is 16.3. The minimum absolute atomic E-state index is 0.225. The topological polar surface area (TPSA) is 18.5 Å². The third-order valence-electron chi connectivity index (χ3n) is 5.74. The van der Waals surface area contributed by atoms with E-state index >= 15 is 0 Å². The molecular weight excluding hydrogens is 368 g/mol. The fourth-order valence-electron chi connectivity index (χ4n) is 4.87. The normalized spacial score (nSPS) is 13.5. The molecule has 0 bridgehead atoms. The predicted octanol–water partition coefficient (Wildman–Crippen LogP) is 6.80. The third-order valence-corrected chi connectivity index (χ3v) is 17.9. The van der Waals surface area contributed by atoms with Crippen molar-refractivity contribution in [3.8, 4) is 0 Å². The van der Waals surface area contributed by atoms with Crippen molar-refractivity contribution in [2.75, 3.05) is 0 Å². The van der Waals surface area contributed by atoms with Crippen LogP contribution in [-0.2, 0) is 8.85 Å². The summed E-state index contributed by atoms with van der Waals surface area (Å²) in [6, 6.07) is 7.87. The maximum atomic E-state index is 7.20. The summed E-state index contributed by atoms with van der Waals surface area (Å²) in [7, 11) is -2.38. The van der Waals surface area contributed by atoms with Gasteiger partial charge >= 0.3 is 0 Å². The van der Waals surface area contributed by atoms with Gasteiger partial charge in [-0.3, -0.25) is 0 Å². The SMILES string of the molecule is CCC[Si](CCC)(CCC)OC([SiH3])(CC)O[Si](CCC)(CCC)CCC. The molecule has 0 saturated carbocycles. The Kier molecular flexibility index (Phi) is 14.0.